The highest BCUT2D eigenvalue weighted by Gasteiger charge is 2.28. The van der Waals surface area contributed by atoms with Gasteiger partial charge >= 0.3 is 0 Å². The largest absolute Gasteiger partial charge is 0.493 e. The number of aromatic nitrogens is 2. The van der Waals surface area contributed by atoms with Gasteiger partial charge in [-0.3, -0.25) is 0 Å². The summed E-state index contributed by atoms with van der Waals surface area (Å²) < 4.78 is 22.1. The van der Waals surface area contributed by atoms with E-state index in [1.54, 1.807) is 20.5 Å². The number of ether oxygens (including phenoxy) is 4. The van der Waals surface area contributed by atoms with Gasteiger partial charge in [-0.15, -0.1) is 0 Å². The highest BCUT2D eigenvalue weighted by atomic mass is 16.5. The SMILES string of the molecule is COCCOc1cc2c(N3CCc4c(N5CCOCC5)cccc43)ncnc2cc1OC. The highest BCUT2D eigenvalue weighted by molar-refractivity contribution is 5.95. The summed E-state index contributed by atoms with van der Waals surface area (Å²) in [5, 5.41) is 0.936. The fraction of sp³-hybridized carbons (Fsp3) is 0.417. The topological polar surface area (TPSA) is 69.2 Å². The van der Waals surface area contributed by atoms with Gasteiger partial charge in [-0.2, -0.15) is 0 Å². The first-order chi connectivity index (χ1) is 15.8. The maximum atomic E-state index is 5.92. The van der Waals surface area contributed by atoms with Crippen LogP contribution in [0.15, 0.2) is 36.7 Å². The van der Waals surface area contributed by atoms with Crippen LogP contribution in [-0.4, -0.2) is 70.2 Å². The minimum absolute atomic E-state index is 0.441. The summed E-state index contributed by atoms with van der Waals surface area (Å²) in [5.41, 5.74) is 4.69. The van der Waals surface area contributed by atoms with Crippen LogP contribution in [0.3, 0.4) is 0 Å². The fourth-order valence-electron chi connectivity index (χ4n) is 4.51. The van der Waals surface area contributed by atoms with Crippen LogP contribution in [-0.2, 0) is 15.9 Å². The smallest absolute Gasteiger partial charge is 0.162 e. The summed E-state index contributed by atoms with van der Waals surface area (Å²) in [4.78, 5) is 13.9. The molecule has 2 aromatic carbocycles. The lowest BCUT2D eigenvalue weighted by Gasteiger charge is -2.30. The minimum atomic E-state index is 0.441. The third-order valence-electron chi connectivity index (χ3n) is 6.05. The first-order valence-electron chi connectivity index (χ1n) is 11.0. The Morgan fingerprint density at radius 3 is 2.62 bits per heavy atom. The molecular formula is C24H28N4O4. The summed E-state index contributed by atoms with van der Waals surface area (Å²) in [6, 6.07) is 10.4. The zero-order chi connectivity index (χ0) is 21.9. The van der Waals surface area contributed by atoms with Crippen LogP contribution < -0.4 is 19.3 Å². The summed E-state index contributed by atoms with van der Waals surface area (Å²) in [6.07, 6.45) is 2.59. The Bertz CT molecular complexity index is 1100. The molecule has 1 aromatic heterocycles. The predicted molar refractivity (Wildman–Crippen MR) is 124 cm³/mol. The molecule has 3 heterocycles. The Balaban J connectivity index is 1.54. The fourth-order valence-corrected chi connectivity index (χ4v) is 4.51. The quantitative estimate of drug-likeness (QED) is 0.523. The van der Waals surface area contributed by atoms with Gasteiger partial charge in [-0.05, 0) is 24.6 Å². The Morgan fingerprint density at radius 1 is 0.969 bits per heavy atom. The van der Waals surface area contributed by atoms with E-state index >= 15 is 0 Å². The van der Waals surface area contributed by atoms with Crippen LogP contribution in [0.5, 0.6) is 11.5 Å². The summed E-state index contributed by atoms with van der Waals surface area (Å²) in [7, 11) is 3.29. The Labute approximate surface area is 187 Å². The molecule has 0 atom stereocenters. The molecule has 8 heteroatoms. The highest BCUT2D eigenvalue weighted by Crippen LogP contribution is 2.42. The number of hydrogen-bond donors (Lipinski definition) is 0. The van der Waals surface area contributed by atoms with Crippen molar-refractivity contribution in [2.75, 3.05) is 70.1 Å². The Kier molecular flexibility index (Phi) is 5.96. The van der Waals surface area contributed by atoms with E-state index < -0.39 is 0 Å². The molecule has 3 aromatic rings. The number of hydrogen-bond acceptors (Lipinski definition) is 8. The van der Waals surface area contributed by atoms with E-state index in [9.17, 15) is 0 Å². The molecular weight excluding hydrogens is 408 g/mol. The molecule has 1 fully saturated rings. The van der Waals surface area contributed by atoms with Crippen LogP contribution >= 0.6 is 0 Å². The van der Waals surface area contributed by atoms with Crippen LogP contribution in [0.2, 0.25) is 0 Å². The second-order valence-electron chi connectivity index (χ2n) is 7.83. The molecule has 0 bridgehead atoms. The lowest BCUT2D eigenvalue weighted by molar-refractivity contribution is 0.122. The van der Waals surface area contributed by atoms with Crippen molar-refractivity contribution >= 4 is 28.1 Å². The zero-order valence-electron chi connectivity index (χ0n) is 18.5. The lowest BCUT2D eigenvalue weighted by Crippen LogP contribution is -2.36. The van der Waals surface area contributed by atoms with Gasteiger partial charge in [0.1, 0.15) is 18.8 Å². The van der Waals surface area contributed by atoms with Crippen LogP contribution in [0.1, 0.15) is 5.56 Å². The van der Waals surface area contributed by atoms with E-state index in [1.165, 1.54) is 16.9 Å². The van der Waals surface area contributed by atoms with Gasteiger partial charge in [-0.25, -0.2) is 9.97 Å². The van der Waals surface area contributed by atoms with Gasteiger partial charge in [0.2, 0.25) is 0 Å². The molecule has 2 aliphatic rings. The molecule has 0 N–H and O–H groups in total. The molecule has 0 saturated carbocycles. The van der Waals surface area contributed by atoms with Crippen molar-refractivity contribution in [3.8, 4) is 11.5 Å². The van der Waals surface area contributed by atoms with Crippen molar-refractivity contribution in [1.82, 2.24) is 9.97 Å². The first kappa shape index (κ1) is 20.8. The van der Waals surface area contributed by atoms with Crippen molar-refractivity contribution < 1.29 is 18.9 Å². The minimum Gasteiger partial charge on any atom is -0.493 e. The maximum absolute atomic E-state index is 5.92. The number of benzene rings is 2. The van der Waals surface area contributed by atoms with Crippen LogP contribution in [0.4, 0.5) is 17.2 Å². The normalized spacial score (nSPS) is 15.8. The van der Waals surface area contributed by atoms with E-state index in [-0.39, 0.29) is 0 Å². The summed E-state index contributed by atoms with van der Waals surface area (Å²) in [6.45, 7) is 5.22. The van der Waals surface area contributed by atoms with E-state index in [0.29, 0.717) is 24.7 Å². The summed E-state index contributed by atoms with van der Waals surface area (Å²) >= 11 is 0. The molecule has 0 unspecified atom stereocenters. The van der Waals surface area contributed by atoms with E-state index in [0.717, 1.165) is 56.0 Å². The van der Waals surface area contributed by atoms with E-state index in [2.05, 4.69) is 38.0 Å². The standard InChI is InChI=1S/C24H28N4O4/c1-29-12-13-32-23-14-18-19(15-22(23)30-2)25-16-26-24(18)28-7-6-17-20(4-3-5-21(17)28)27-8-10-31-11-9-27/h3-5,14-16H,6-13H2,1-2H3. The van der Waals surface area contributed by atoms with Crippen molar-refractivity contribution in [2.24, 2.45) is 0 Å². The maximum Gasteiger partial charge on any atom is 0.162 e. The lowest BCUT2D eigenvalue weighted by atomic mass is 10.1. The molecule has 1 saturated heterocycles. The molecule has 5 rings (SSSR count). The average Bonchev–Trinajstić information content (AvgIpc) is 3.28. The van der Waals surface area contributed by atoms with Crippen LogP contribution in [0.25, 0.3) is 10.9 Å². The number of nitrogens with zero attached hydrogens (tertiary/aromatic N) is 4. The Hall–Kier alpha value is -3.10. The first-order valence-corrected chi connectivity index (χ1v) is 11.0. The van der Waals surface area contributed by atoms with Crippen molar-refractivity contribution in [2.45, 2.75) is 6.42 Å². The number of morpholine rings is 1. The van der Waals surface area contributed by atoms with Crippen LogP contribution in [0, 0.1) is 0 Å². The Morgan fingerprint density at radius 2 is 1.81 bits per heavy atom. The number of anilines is 3. The van der Waals surface area contributed by atoms with Crippen molar-refractivity contribution in [3.63, 3.8) is 0 Å². The third kappa shape index (κ3) is 3.80. The van der Waals surface area contributed by atoms with Gasteiger partial charge < -0.3 is 28.7 Å². The molecule has 0 amide bonds. The average molecular weight is 437 g/mol. The third-order valence-corrected chi connectivity index (χ3v) is 6.05. The van der Waals surface area contributed by atoms with Crippen molar-refractivity contribution in [3.05, 3.63) is 42.2 Å². The number of rotatable bonds is 7. The molecule has 0 spiro atoms. The number of fused-ring (bicyclic) bond motifs is 2. The van der Waals surface area contributed by atoms with Gasteiger partial charge in [0.15, 0.2) is 11.5 Å². The van der Waals surface area contributed by atoms with Gasteiger partial charge in [-0.1, -0.05) is 6.07 Å². The predicted octanol–water partition coefficient (Wildman–Crippen LogP) is 3.19. The molecule has 32 heavy (non-hydrogen) atoms. The molecule has 8 nitrogen and oxygen atoms in total. The molecule has 2 aliphatic heterocycles. The molecule has 0 radical (unpaired) electrons. The van der Waals surface area contributed by atoms with Crippen molar-refractivity contribution in [1.29, 1.82) is 0 Å². The van der Waals surface area contributed by atoms with Gasteiger partial charge in [0.05, 0.1) is 32.4 Å². The van der Waals surface area contributed by atoms with E-state index in [4.69, 9.17) is 18.9 Å². The monoisotopic (exact) mass is 436 g/mol. The van der Waals surface area contributed by atoms with Gasteiger partial charge in [0, 0.05) is 55.1 Å². The second kappa shape index (κ2) is 9.18. The second-order valence-corrected chi connectivity index (χ2v) is 7.83. The molecule has 0 aliphatic carbocycles. The van der Waals surface area contributed by atoms with E-state index in [1.807, 2.05) is 12.1 Å². The van der Waals surface area contributed by atoms with Gasteiger partial charge in [0.25, 0.3) is 0 Å². The summed E-state index contributed by atoms with van der Waals surface area (Å²) in [5.74, 6) is 2.19. The zero-order valence-corrected chi connectivity index (χ0v) is 18.5. The molecule has 168 valence electrons. The number of methoxy groups -OCH3 is 2.